The smallest absolute Gasteiger partial charge is 0.177 e. The van der Waals surface area contributed by atoms with E-state index < -0.39 is 5.41 Å². The second-order valence-corrected chi connectivity index (χ2v) is 8.43. The summed E-state index contributed by atoms with van der Waals surface area (Å²) in [5, 5.41) is 0.822. The van der Waals surface area contributed by atoms with Gasteiger partial charge < -0.3 is 4.90 Å². The standard InChI is InChI=1S/C25H25Cl2NO/c1-18(28(2)3)17-25(20-10-6-4-7-11-20,21-12-8-5-9-13-21)24(29)19-14-15-22(26)23(27)16-19/h4-16,18H,17H2,1-3H3/t18-/m0/s1. The molecule has 150 valence electrons. The van der Waals surface area contributed by atoms with Crippen molar-refractivity contribution in [3.05, 3.63) is 106 Å². The molecule has 0 bridgehead atoms. The number of hydrogen-bond acceptors (Lipinski definition) is 2. The van der Waals surface area contributed by atoms with Crippen molar-refractivity contribution in [3.63, 3.8) is 0 Å². The Morgan fingerprint density at radius 1 is 0.862 bits per heavy atom. The number of hydrogen-bond donors (Lipinski definition) is 0. The topological polar surface area (TPSA) is 20.3 Å². The van der Waals surface area contributed by atoms with Crippen LogP contribution in [0.5, 0.6) is 0 Å². The molecule has 3 aromatic carbocycles. The van der Waals surface area contributed by atoms with Crippen LogP contribution < -0.4 is 0 Å². The molecule has 3 aromatic rings. The maximum Gasteiger partial charge on any atom is 0.177 e. The molecule has 2 nitrogen and oxygen atoms in total. The van der Waals surface area contributed by atoms with E-state index in [9.17, 15) is 4.79 Å². The van der Waals surface area contributed by atoms with E-state index in [2.05, 4.69) is 11.8 Å². The lowest BCUT2D eigenvalue weighted by atomic mass is 9.66. The van der Waals surface area contributed by atoms with Crippen LogP contribution in [0.2, 0.25) is 10.0 Å². The second-order valence-electron chi connectivity index (χ2n) is 7.61. The molecule has 0 N–H and O–H groups in total. The molecule has 0 fully saturated rings. The van der Waals surface area contributed by atoms with E-state index >= 15 is 0 Å². The summed E-state index contributed by atoms with van der Waals surface area (Å²) in [5.41, 5.74) is 1.65. The Balaban J connectivity index is 2.28. The quantitative estimate of drug-likeness (QED) is 0.402. The van der Waals surface area contributed by atoms with Gasteiger partial charge in [-0.25, -0.2) is 0 Å². The number of rotatable bonds is 7. The highest BCUT2D eigenvalue weighted by atomic mass is 35.5. The van der Waals surface area contributed by atoms with Crippen LogP contribution in [0, 0.1) is 0 Å². The van der Waals surface area contributed by atoms with Gasteiger partial charge in [-0.15, -0.1) is 0 Å². The fourth-order valence-corrected chi connectivity index (χ4v) is 4.01. The van der Waals surface area contributed by atoms with Gasteiger partial charge in [0.25, 0.3) is 0 Å². The molecule has 0 saturated carbocycles. The predicted octanol–water partition coefficient (Wildman–Crippen LogP) is 6.50. The average molecular weight is 426 g/mol. The summed E-state index contributed by atoms with van der Waals surface area (Å²) in [6.07, 6.45) is 0.632. The van der Waals surface area contributed by atoms with Gasteiger partial charge in [0.05, 0.1) is 15.5 Å². The lowest BCUT2D eigenvalue weighted by molar-refractivity contribution is 0.0882. The summed E-state index contributed by atoms with van der Waals surface area (Å²) in [6.45, 7) is 2.14. The lowest BCUT2D eigenvalue weighted by Crippen LogP contribution is -2.43. The summed E-state index contributed by atoms with van der Waals surface area (Å²) in [4.78, 5) is 16.3. The van der Waals surface area contributed by atoms with Crippen molar-refractivity contribution in [1.82, 2.24) is 4.90 Å². The highest BCUT2D eigenvalue weighted by molar-refractivity contribution is 6.42. The Labute approximate surface area is 183 Å². The summed E-state index contributed by atoms with van der Waals surface area (Å²) in [5.74, 6) is 0.0159. The first kappa shape index (κ1) is 21.6. The normalized spacial score (nSPS) is 12.8. The molecule has 1 atom stereocenters. The number of Topliss-reactive ketones (excluding diaryl/α,β-unsaturated/α-hetero) is 1. The Bertz CT molecular complexity index is 931. The van der Waals surface area contributed by atoms with E-state index in [1.807, 2.05) is 74.8 Å². The van der Waals surface area contributed by atoms with Crippen molar-refractivity contribution in [2.45, 2.75) is 24.8 Å². The van der Waals surface area contributed by atoms with Gasteiger partial charge in [0.15, 0.2) is 5.78 Å². The first-order chi connectivity index (χ1) is 13.9. The molecule has 0 unspecified atom stereocenters. The highest BCUT2D eigenvalue weighted by Gasteiger charge is 2.43. The van der Waals surface area contributed by atoms with Gasteiger partial charge in [-0.1, -0.05) is 83.9 Å². The van der Waals surface area contributed by atoms with Crippen molar-refractivity contribution in [2.75, 3.05) is 14.1 Å². The van der Waals surface area contributed by atoms with E-state index in [-0.39, 0.29) is 11.8 Å². The average Bonchev–Trinajstić information content (AvgIpc) is 2.74. The lowest BCUT2D eigenvalue weighted by Gasteiger charge is -2.38. The maximum absolute atomic E-state index is 14.2. The molecule has 0 amide bonds. The summed E-state index contributed by atoms with van der Waals surface area (Å²) in [6, 6.07) is 25.3. The third-order valence-electron chi connectivity index (χ3n) is 5.59. The number of halogens is 2. The minimum Gasteiger partial charge on any atom is -0.307 e. The molecule has 4 heteroatoms. The van der Waals surface area contributed by atoms with E-state index in [0.29, 0.717) is 22.0 Å². The minimum atomic E-state index is -0.844. The van der Waals surface area contributed by atoms with Crippen molar-refractivity contribution in [3.8, 4) is 0 Å². The molecule has 3 rings (SSSR count). The van der Waals surface area contributed by atoms with Crippen LogP contribution in [0.15, 0.2) is 78.9 Å². The fourth-order valence-electron chi connectivity index (χ4n) is 3.71. The molecule has 0 aromatic heterocycles. The maximum atomic E-state index is 14.2. The third-order valence-corrected chi connectivity index (χ3v) is 6.32. The van der Waals surface area contributed by atoms with Crippen molar-refractivity contribution < 1.29 is 4.79 Å². The molecule has 29 heavy (non-hydrogen) atoms. The van der Waals surface area contributed by atoms with Crippen LogP contribution >= 0.6 is 23.2 Å². The highest BCUT2D eigenvalue weighted by Crippen LogP contribution is 2.41. The van der Waals surface area contributed by atoms with Gasteiger partial charge in [-0.3, -0.25) is 4.79 Å². The number of nitrogens with zero attached hydrogens (tertiary/aromatic N) is 1. The third kappa shape index (κ3) is 4.40. The summed E-state index contributed by atoms with van der Waals surface area (Å²) >= 11 is 12.4. The Kier molecular flexibility index (Phi) is 6.79. The predicted molar refractivity (Wildman–Crippen MR) is 122 cm³/mol. The number of benzene rings is 3. The number of carbonyl (C=O) groups excluding carboxylic acids is 1. The van der Waals surface area contributed by atoms with E-state index in [1.165, 1.54) is 0 Å². The van der Waals surface area contributed by atoms with Gasteiger partial charge >= 0.3 is 0 Å². The molecular formula is C25H25Cl2NO. The van der Waals surface area contributed by atoms with Crippen LogP contribution in [0.25, 0.3) is 0 Å². The molecule has 0 aliphatic rings. The second kappa shape index (κ2) is 9.13. The van der Waals surface area contributed by atoms with Gasteiger partial charge in [-0.2, -0.15) is 0 Å². The van der Waals surface area contributed by atoms with E-state index in [1.54, 1.807) is 18.2 Å². The molecule has 0 heterocycles. The van der Waals surface area contributed by atoms with Gasteiger partial charge in [0.1, 0.15) is 0 Å². The summed E-state index contributed by atoms with van der Waals surface area (Å²) < 4.78 is 0. The molecule has 0 aliphatic carbocycles. The van der Waals surface area contributed by atoms with E-state index in [4.69, 9.17) is 23.2 Å². The zero-order valence-electron chi connectivity index (χ0n) is 16.9. The van der Waals surface area contributed by atoms with Crippen molar-refractivity contribution in [1.29, 1.82) is 0 Å². The first-order valence-corrected chi connectivity index (χ1v) is 10.4. The molecule has 0 spiro atoms. The Morgan fingerprint density at radius 2 is 1.38 bits per heavy atom. The summed E-state index contributed by atoms with van der Waals surface area (Å²) in [7, 11) is 4.07. The first-order valence-electron chi connectivity index (χ1n) is 9.63. The zero-order chi connectivity index (χ0) is 21.0. The van der Waals surface area contributed by atoms with E-state index in [0.717, 1.165) is 11.1 Å². The molecule has 0 saturated heterocycles. The Hall–Kier alpha value is -2.13. The van der Waals surface area contributed by atoms with Crippen molar-refractivity contribution >= 4 is 29.0 Å². The van der Waals surface area contributed by atoms with Crippen molar-refractivity contribution in [2.24, 2.45) is 0 Å². The number of ketones is 1. The number of carbonyl (C=O) groups is 1. The van der Waals surface area contributed by atoms with Crippen LogP contribution in [0.3, 0.4) is 0 Å². The minimum absolute atomic E-state index is 0.0159. The molecule has 0 aliphatic heterocycles. The van der Waals surface area contributed by atoms with Gasteiger partial charge in [-0.05, 0) is 56.8 Å². The van der Waals surface area contributed by atoms with Gasteiger partial charge in [0, 0.05) is 11.6 Å². The molecular weight excluding hydrogens is 401 g/mol. The van der Waals surface area contributed by atoms with Crippen LogP contribution in [-0.2, 0) is 5.41 Å². The molecule has 0 radical (unpaired) electrons. The Morgan fingerprint density at radius 3 is 1.83 bits per heavy atom. The SMILES string of the molecule is C[C@@H](CC(C(=O)c1ccc(Cl)c(Cl)c1)(c1ccccc1)c1ccccc1)N(C)C. The largest absolute Gasteiger partial charge is 0.307 e. The van der Waals surface area contributed by atoms with Crippen LogP contribution in [0.1, 0.15) is 34.8 Å². The van der Waals surface area contributed by atoms with Crippen LogP contribution in [0.4, 0.5) is 0 Å². The fraction of sp³-hybridized carbons (Fsp3) is 0.240. The van der Waals surface area contributed by atoms with Crippen LogP contribution in [-0.4, -0.2) is 30.8 Å². The zero-order valence-corrected chi connectivity index (χ0v) is 18.4. The van der Waals surface area contributed by atoms with Gasteiger partial charge in [0.2, 0.25) is 0 Å². The monoisotopic (exact) mass is 425 g/mol.